The topological polar surface area (TPSA) is 80.8 Å². The highest BCUT2D eigenvalue weighted by Gasteiger charge is 2.33. The number of thiophene rings is 1. The smallest absolute Gasteiger partial charge is 0.325 e. The highest BCUT2D eigenvalue weighted by molar-refractivity contribution is 7.19. The largest absolute Gasteiger partial charge is 0.465 e. The molecule has 0 spiro atoms. The van der Waals surface area contributed by atoms with E-state index in [1.807, 2.05) is 34.9 Å². The number of piperidine rings is 1. The van der Waals surface area contributed by atoms with Crippen molar-refractivity contribution in [3.8, 4) is 10.6 Å². The minimum Gasteiger partial charge on any atom is -0.465 e. The standard InChI is InChI=1S/C29H32Cl2N4O4S/c1-4-38-28(36)17-34(20-10-12-33(13-11-20)18(2)3)29(37)24-15-21-22(30)6-5-7-23(21)35(24)16-19-14-25(39-32-19)26-8-9-27(31)40-26/h5-9,14-15,18,20H,4,10-13,16-17H2,1-3H3. The van der Waals surface area contributed by atoms with Crippen LogP contribution >= 0.6 is 34.5 Å². The van der Waals surface area contributed by atoms with Gasteiger partial charge in [0.05, 0.1) is 27.9 Å². The van der Waals surface area contributed by atoms with E-state index in [0.717, 1.165) is 41.7 Å². The minimum absolute atomic E-state index is 0.0870. The van der Waals surface area contributed by atoms with E-state index in [1.165, 1.54) is 11.3 Å². The molecule has 40 heavy (non-hydrogen) atoms. The Morgan fingerprint density at radius 2 is 1.95 bits per heavy atom. The van der Waals surface area contributed by atoms with Crippen molar-refractivity contribution in [2.45, 2.75) is 52.2 Å². The third kappa shape index (κ3) is 6.07. The second-order valence-electron chi connectivity index (χ2n) is 10.2. The van der Waals surface area contributed by atoms with Gasteiger partial charge in [-0.2, -0.15) is 0 Å². The quantitative estimate of drug-likeness (QED) is 0.201. The third-order valence-electron chi connectivity index (χ3n) is 7.34. The van der Waals surface area contributed by atoms with Crippen molar-refractivity contribution < 1.29 is 18.8 Å². The van der Waals surface area contributed by atoms with Gasteiger partial charge in [-0.3, -0.25) is 9.59 Å². The number of aromatic nitrogens is 2. The molecular weight excluding hydrogens is 571 g/mol. The van der Waals surface area contributed by atoms with Crippen LogP contribution in [0.3, 0.4) is 0 Å². The Morgan fingerprint density at radius 1 is 1.18 bits per heavy atom. The van der Waals surface area contributed by atoms with Gasteiger partial charge in [0.15, 0.2) is 5.76 Å². The predicted octanol–water partition coefficient (Wildman–Crippen LogP) is 6.59. The molecule has 3 aromatic heterocycles. The lowest BCUT2D eigenvalue weighted by Crippen LogP contribution is -2.50. The normalized spacial score (nSPS) is 14.8. The lowest BCUT2D eigenvalue weighted by molar-refractivity contribution is -0.144. The van der Waals surface area contributed by atoms with E-state index < -0.39 is 5.97 Å². The Morgan fingerprint density at radius 3 is 2.62 bits per heavy atom. The van der Waals surface area contributed by atoms with Crippen molar-refractivity contribution in [2.75, 3.05) is 26.2 Å². The van der Waals surface area contributed by atoms with Crippen molar-refractivity contribution >= 4 is 57.3 Å². The van der Waals surface area contributed by atoms with Crippen LogP contribution in [0.5, 0.6) is 0 Å². The van der Waals surface area contributed by atoms with Crippen LogP contribution in [-0.2, 0) is 16.1 Å². The number of amides is 1. The molecule has 8 nitrogen and oxygen atoms in total. The first-order chi connectivity index (χ1) is 19.2. The zero-order chi connectivity index (χ0) is 28.4. The van der Waals surface area contributed by atoms with Gasteiger partial charge in [-0.1, -0.05) is 34.4 Å². The molecule has 1 aliphatic rings. The van der Waals surface area contributed by atoms with E-state index in [1.54, 1.807) is 24.0 Å². The van der Waals surface area contributed by atoms with Crippen LogP contribution in [0.1, 0.15) is 49.8 Å². The van der Waals surface area contributed by atoms with Crippen LogP contribution in [0.25, 0.3) is 21.5 Å². The molecule has 0 N–H and O–H groups in total. The van der Waals surface area contributed by atoms with Gasteiger partial charge in [0, 0.05) is 41.6 Å². The fourth-order valence-corrected chi connectivity index (χ4v) is 6.50. The summed E-state index contributed by atoms with van der Waals surface area (Å²) in [5.41, 5.74) is 1.88. The van der Waals surface area contributed by atoms with Crippen LogP contribution in [0.2, 0.25) is 9.36 Å². The van der Waals surface area contributed by atoms with E-state index in [2.05, 4.69) is 23.9 Å². The number of benzene rings is 1. The highest BCUT2D eigenvalue weighted by Crippen LogP contribution is 2.33. The molecule has 5 rings (SSSR count). The average Bonchev–Trinajstić information content (AvgIpc) is 3.67. The van der Waals surface area contributed by atoms with Crippen molar-refractivity contribution in [2.24, 2.45) is 0 Å². The maximum absolute atomic E-state index is 14.3. The summed E-state index contributed by atoms with van der Waals surface area (Å²) < 4.78 is 13.4. The Labute approximate surface area is 247 Å². The first kappa shape index (κ1) is 28.7. The number of fused-ring (bicyclic) bond motifs is 1. The summed E-state index contributed by atoms with van der Waals surface area (Å²) in [4.78, 5) is 31.9. The molecular formula is C29H32Cl2N4O4S. The zero-order valence-corrected chi connectivity index (χ0v) is 25.1. The maximum atomic E-state index is 14.3. The first-order valence-electron chi connectivity index (χ1n) is 13.4. The van der Waals surface area contributed by atoms with Gasteiger partial charge >= 0.3 is 5.97 Å². The number of carbonyl (C=O) groups excluding carboxylic acids is 2. The Kier molecular flexibility index (Phi) is 8.85. The summed E-state index contributed by atoms with van der Waals surface area (Å²) in [6.45, 7) is 8.26. The van der Waals surface area contributed by atoms with Crippen LogP contribution in [-0.4, -0.2) is 69.7 Å². The van der Waals surface area contributed by atoms with Crippen LogP contribution < -0.4 is 0 Å². The molecule has 212 valence electrons. The maximum Gasteiger partial charge on any atom is 0.325 e. The number of halogens is 2. The number of hydrogen-bond acceptors (Lipinski definition) is 7. The van der Waals surface area contributed by atoms with Crippen molar-refractivity contribution in [3.63, 3.8) is 0 Å². The molecule has 1 saturated heterocycles. The predicted molar refractivity (Wildman–Crippen MR) is 158 cm³/mol. The Bertz CT molecular complexity index is 1500. The molecule has 0 saturated carbocycles. The lowest BCUT2D eigenvalue weighted by atomic mass is 10.0. The summed E-state index contributed by atoms with van der Waals surface area (Å²) >= 11 is 14.1. The van der Waals surface area contributed by atoms with Gasteiger partial charge < -0.3 is 23.6 Å². The summed E-state index contributed by atoms with van der Waals surface area (Å²) in [5.74, 6) is -0.0502. The van der Waals surface area contributed by atoms with E-state index in [9.17, 15) is 9.59 Å². The van der Waals surface area contributed by atoms with Crippen LogP contribution in [0, 0.1) is 0 Å². The number of ether oxygens (including phenoxy) is 1. The van der Waals surface area contributed by atoms with E-state index in [0.29, 0.717) is 32.5 Å². The fourth-order valence-electron chi connectivity index (χ4n) is 5.28. The lowest BCUT2D eigenvalue weighted by Gasteiger charge is -2.39. The first-order valence-corrected chi connectivity index (χ1v) is 15.0. The summed E-state index contributed by atoms with van der Waals surface area (Å²) in [6.07, 6.45) is 1.56. The zero-order valence-electron chi connectivity index (χ0n) is 22.7. The van der Waals surface area contributed by atoms with Crippen molar-refractivity contribution in [3.05, 3.63) is 63.2 Å². The minimum atomic E-state index is -0.418. The third-order valence-corrected chi connectivity index (χ3v) is 8.92. The highest BCUT2D eigenvalue weighted by atomic mass is 35.5. The van der Waals surface area contributed by atoms with E-state index in [4.69, 9.17) is 32.5 Å². The van der Waals surface area contributed by atoms with E-state index in [-0.39, 0.29) is 31.6 Å². The van der Waals surface area contributed by atoms with Crippen LogP contribution in [0.4, 0.5) is 0 Å². The number of hydrogen-bond donors (Lipinski definition) is 0. The van der Waals surface area contributed by atoms with Gasteiger partial charge in [0.2, 0.25) is 0 Å². The molecule has 0 aliphatic carbocycles. The van der Waals surface area contributed by atoms with Gasteiger partial charge in [0.25, 0.3) is 5.91 Å². The van der Waals surface area contributed by atoms with Crippen molar-refractivity contribution in [1.29, 1.82) is 0 Å². The second kappa shape index (κ2) is 12.3. The van der Waals surface area contributed by atoms with Gasteiger partial charge in [-0.25, -0.2) is 0 Å². The Balaban J connectivity index is 1.50. The summed E-state index contributed by atoms with van der Waals surface area (Å²) in [5, 5.41) is 5.57. The molecule has 1 aromatic carbocycles. The van der Waals surface area contributed by atoms with Gasteiger partial charge in [-0.05, 0) is 63.9 Å². The summed E-state index contributed by atoms with van der Waals surface area (Å²) in [6, 6.07) is 13.3. The molecule has 4 heterocycles. The number of rotatable bonds is 9. The second-order valence-corrected chi connectivity index (χ2v) is 12.3. The van der Waals surface area contributed by atoms with Crippen LogP contribution in [0.15, 0.2) is 47.0 Å². The molecule has 1 aliphatic heterocycles. The monoisotopic (exact) mass is 602 g/mol. The van der Waals surface area contributed by atoms with Crippen molar-refractivity contribution in [1.82, 2.24) is 19.5 Å². The SMILES string of the molecule is CCOC(=O)CN(C(=O)c1cc2c(Cl)cccc2n1Cc1cc(-c2ccc(Cl)s2)on1)C1CCN(C(C)C)CC1. The number of nitrogens with zero attached hydrogens (tertiary/aromatic N) is 4. The average molecular weight is 604 g/mol. The summed E-state index contributed by atoms with van der Waals surface area (Å²) in [7, 11) is 0. The Hall–Kier alpha value is -2.85. The number of esters is 1. The fraction of sp³-hybridized carbons (Fsp3) is 0.414. The van der Waals surface area contributed by atoms with Gasteiger partial charge in [0.1, 0.15) is 17.9 Å². The molecule has 4 aromatic rings. The molecule has 11 heteroatoms. The molecule has 0 atom stereocenters. The molecule has 1 amide bonds. The molecule has 0 unspecified atom stereocenters. The molecule has 1 fully saturated rings. The number of carbonyl (C=O) groups is 2. The molecule has 0 bridgehead atoms. The molecule has 0 radical (unpaired) electrons. The van der Waals surface area contributed by atoms with E-state index >= 15 is 0 Å². The number of likely N-dealkylation sites (tertiary alicyclic amines) is 1. The van der Waals surface area contributed by atoms with Gasteiger partial charge in [-0.15, -0.1) is 11.3 Å².